The van der Waals surface area contributed by atoms with E-state index in [4.69, 9.17) is 16.3 Å². The standard InChI is InChI=1S/C29H34ClN3O7S2/c1-20-17-33(21(2)19-34)29(35)16-22-15-24(31-41(36,37)25-7-5-4-6-8-25)11-14-27(22)40-28(20)18-32(3)42(38,39)26-12-9-23(30)10-13-26/h4-15,20-21,28,31,34H,16-19H2,1-3H3/t20-,21+,28-/m0/s1. The van der Waals surface area contributed by atoms with Gasteiger partial charge in [0.15, 0.2) is 0 Å². The van der Waals surface area contributed by atoms with Crippen molar-refractivity contribution >= 4 is 43.2 Å². The number of rotatable bonds is 9. The van der Waals surface area contributed by atoms with E-state index in [1.165, 1.54) is 59.9 Å². The van der Waals surface area contributed by atoms with Crippen LogP contribution in [0.25, 0.3) is 0 Å². The molecule has 1 aliphatic rings. The Kier molecular flexibility index (Phi) is 9.84. The molecule has 0 saturated carbocycles. The van der Waals surface area contributed by atoms with Gasteiger partial charge in [-0.25, -0.2) is 16.8 Å². The van der Waals surface area contributed by atoms with Crippen molar-refractivity contribution in [3.63, 3.8) is 0 Å². The molecule has 10 nitrogen and oxygen atoms in total. The molecule has 0 unspecified atom stereocenters. The predicted octanol–water partition coefficient (Wildman–Crippen LogP) is 3.61. The maximum Gasteiger partial charge on any atom is 0.261 e. The highest BCUT2D eigenvalue weighted by atomic mass is 35.5. The van der Waals surface area contributed by atoms with E-state index in [0.717, 1.165) is 0 Å². The first-order chi connectivity index (χ1) is 19.8. The largest absolute Gasteiger partial charge is 0.488 e. The van der Waals surface area contributed by atoms with Gasteiger partial charge in [-0.3, -0.25) is 9.52 Å². The summed E-state index contributed by atoms with van der Waals surface area (Å²) in [6.07, 6.45) is -0.805. The molecule has 1 amide bonds. The van der Waals surface area contributed by atoms with Crippen LogP contribution in [0.4, 0.5) is 5.69 Å². The molecule has 2 N–H and O–H groups in total. The molecule has 0 spiro atoms. The number of aliphatic hydroxyl groups excluding tert-OH is 1. The van der Waals surface area contributed by atoms with Crippen LogP contribution in [0.3, 0.4) is 0 Å². The van der Waals surface area contributed by atoms with Gasteiger partial charge in [0.25, 0.3) is 10.0 Å². The SMILES string of the molecule is C[C@H](CO)N1C[C@H](C)[C@H](CN(C)S(=O)(=O)c2ccc(Cl)cc2)Oc2ccc(NS(=O)(=O)c3ccccc3)cc2CC1=O. The first kappa shape index (κ1) is 31.8. The van der Waals surface area contributed by atoms with Crippen LogP contribution in [0.5, 0.6) is 5.75 Å². The normalized spacial score (nSPS) is 18.8. The molecule has 1 aliphatic heterocycles. The molecule has 3 atom stereocenters. The first-order valence-electron chi connectivity index (χ1n) is 13.3. The van der Waals surface area contributed by atoms with Crippen LogP contribution in [0.2, 0.25) is 5.02 Å². The topological polar surface area (TPSA) is 133 Å². The van der Waals surface area contributed by atoms with Gasteiger partial charge >= 0.3 is 0 Å². The number of likely N-dealkylation sites (N-methyl/N-ethyl adjacent to an activating group) is 1. The number of fused-ring (bicyclic) bond motifs is 1. The van der Waals surface area contributed by atoms with Gasteiger partial charge in [-0.05, 0) is 61.5 Å². The average molecular weight is 636 g/mol. The smallest absolute Gasteiger partial charge is 0.261 e. The van der Waals surface area contributed by atoms with Crippen molar-refractivity contribution in [2.24, 2.45) is 5.92 Å². The number of carbonyl (C=O) groups is 1. The highest BCUT2D eigenvalue weighted by Crippen LogP contribution is 2.31. The molecule has 0 aliphatic carbocycles. The number of carbonyl (C=O) groups excluding carboxylic acids is 1. The van der Waals surface area contributed by atoms with Gasteiger partial charge in [-0.15, -0.1) is 0 Å². The van der Waals surface area contributed by atoms with Crippen LogP contribution < -0.4 is 9.46 Å². The van der Waals surface area contributed by atoms with Crippen LogP contribution in [-0.2, 0) is 31.3 Å². The van der Waals surface area contributed by atoms with Crippen molar-refractivity contribution in [1.29, 1.82) is 0 Å². The summed E-state index contributed by atoms with van der Waals surface area (Å²) >= 11 is 5.94. The zero-order valence-electron chi connectivity index (χ0n) is 23.5. The maximum atomic E-state index is 13.5. The summed E-state index contributed by atoms with van der Waals surface area (Å²) in [6, 6.07) is 17.9. The zero-order chi connectivity index (χ0) is 30.7. The first-order valence-corrected chi connectivity index (χ1v) is 16.6. The summed E-state index contributed by atoms with van der Waals surface area (Å²) in [6.45, 7) is 3.48. The van der Waals surface area contributed by atoms with E-state index in [1.807, 2.05) is 6.92 Å². The van der Waals surface area contributed by atoms with E-state index >= 15 is 0 Å². The number of hydrogen-bond acceptors (Lipinski definition) is 7. The molecule has 0 saturated heterocycles. The summed E-state index contributed by atoms with van der Waals surface area (Å²) in [5.41, 5.74) is 0.660. The van der Waals surface area contributed by atoms with E-state index in [-0.39, 0.29) is 53.4 Å². The molecule has 0 aromatic heterocycles. The Labute approximate surface area is 252 Å². The van der Waals surface area contributed by atoms with Crippen LogP contribution >= 0.6 is 11.6 Å². The molecule has 3 aromatic carbocycles. The fourth-order valence-electron chi connectivity index (χ4n) is 4.66. The molecule has 0 fully saturated rings. The summed E-state index contributed by atoms with van der Waals surface area (Å²) in [4.78, 5) is 15.2. The Morgan fingerprint density at radius 1 is 1.05 bits per heavy atom. The maximum absolute atomic E-state index is 13.5. The Morgan fingerprint density at radius 3 is 2.36 bits per heavy atom. The minimum Gasteiger partial charge on any atom is -0.488 e. The summed E-state index contributed by atoms with van der Waals surface area (Å²) in [7, 11) is -6.32. The lowest BCUT2D eigenvalue weighted by Gasteiger charge is -2.33. The Bertz CT molecular complexity index is 1620. The number of hydrogen-bond donors (Lipinski definition) is 2. The molecule has 0 bridgehead atoms. The van der Waals surface area contributed by atoms with E-state index in [1.54, 1.807) is 36.1 Å². The summed E-state index contributed by atoms with van der Waals surface area (Å²) in [5.74, 6) is -0.286. The lowest BCUT2D eigenvalue weighted by atomic mass is 10.0. The molecular formula is C29H34ClN3O7S2. The second-order valence-electron chi connectivity index (χ2n) is 10.4. The predicted molar refractivity (Wildman–Crippen MR) is 161 cm³/mol. The zero-order valence-corrected chi connectivity index (χ0v) is 25.9. The fraction of sp³-hybridized carbons (Fsp3) is 0.345. The highest BCUT2D eigenvalue weighted by molar-refractivity contribution is 7.92. The van der Waals surface area contributed by atoms with Gasteiger partial charge < -0.3 is 14.7 Å². The van der Waals surface area contributed by atoms with Gasteiger partial charge in [0.05, 0.1) is 35.4 Å². The third-order valence-corrected chi connectivity index (χ3v) is 10.7. The van der Waals surface area contributed by atoms with E-state index in [9.17, 15) is 26.7 Å². The molecule has 13 heteroatoms. The average Bonchev–Trinajstić information content (AvgIpc) is 3.00. The Morgan fingerprint density at radius 2 is 1.71 bits per heavy atom. The fourth-order valence-corrected chi connectivity index (χ4v) is 7.04. The molecule has 0 radical (unpaired) electrons. The van der Waals surface area contributed by atoms with E-state index in [0.29, 0.717) is 16.3 Å². The number of halogens is 1. The number of nitrogens with zero attached hydrogens (tertiary/aromatic N) is 2. The van der Waals surface area contributed by atoms with Gasteiger partial charge in [0, 0.05) is 35.8 Å². The van der Waals surface area contributed by atoms with Crippen LogP contribution in [0.1, 0.15) is 19.4 Å². The third kappa shape index (κ3) is 7.24. The van der Waals surface area contributed by atoms with Crippen molar-refractivity contribution in [3.8, 4) is 5.75 Å². The second-order valence-corrected chi connectivity index (χ2v) is 14.5. The van der Waals surface area contributed by atoms with Crippen molar-refractivity contribution in [3.05, 3.63) is 83.4 Å². The minimum atomic E-state index is -3.89. The number of nitrogens with one attached hydrogen (secondary N) is 1. The quantitative estimate of drug-likeness (QED) is 0.367. The minimum absolute atomic E-state index is 0.0382. The van der Waals surface area contributed by atoms with Crippen molar-refractivity contribution in [2.45, 2.75) is 42.2 Å². The van der Waals surface area contributed by atoms with Crippen molar-refractivity contribution in [2.75, 3.05) is 31.5 Å². The second kappa shape index (κ2) is 13.0. The number of benzene rings is 3. The number of aliphatic hydroxyl groups is 1. The van der Waals surface area contributed by atoms with Crippen LogP contribution in [0.15, 0.2) is 82.6 Å². The number of amides is 1. The van der Waals surface area contributed by atoms with Gasteiger partial charge in [-0.2, -0.15) is 4.31 Å². The monoisotopic (exact) mass is 635 g/mol. The Balaban J connectivity index is 1.68. The highest BCUT2D eigenvalue weighted by Gasteiger charge is 2.33. The third-order valence-electron chi connectivity index (χ3n) is 7.18. The molecule has 3 aromatic rings. The molecule has 1 heterocycles. The van der Waals surface area contributed by atoms with Gasteiger partial charge in [-0.1, -0.05) is 36.7 Å². The van der Waals surface area contributed by atoms with Crippen molar-refractivity contribution < 1.29 is 31.5 Å². The molecule has 226 valence electrons. The number of ether oxygens (including phenoxy) is 1. The number of anilines is 1. The number of sulfonamides is 2. The molecular weight excluding hydrogens is 602 g/mol. The van der Waals surface area contributed by atoms with Gasteiger partial charge in [0.1, 0.15) is 11.9 Å². The Hall–Kier alpha value is -3.16. The summed E-state index contributed by atoms with van der Waals surface area (Å²) < 4.78 is 62.6. The molecule has 4 rings (SSSR count). The van der Waals surface area contributed by atoms with E-state index in [2.05, 4.69) is 4.72 Å². The van der Waals surface area contributed by atoms with Crippen LogP contribution in [0, 0.1) is 5.92 Å². The molecule has 42 heavy (non-hydrogen) atoms. The van der Waals surface area contributed by atoms with Gasteiger partial charge in [0.2, 0.25) is 15.9 Å². The van der Waals surface area contributed by atoms with Crippen molar-refractivity contribution in [1.82, 2.24) is 9.21 Å². The van der Waals surface area contributed by atoms with E-state index < -0.39 is 32.2 Å². The lowest BCUT2D eigenvalue weighted by molar-refractivity contribution is -0.134. The van der Waals surface area contributed by atoms with Crippen LogP contribution in [-0.4, -0.2) is 75.9 Å². The lowest BCUT2D eigenvalue weighted by Crippen LogP contribution is -2.48. The summed E-state index contributed by atoms with van der Waals surface area (Å²) in [5, 5.41) is 10.3.